The Morgan fingerprint density at radius 2 is 2.10 bits per heavy atom. The molecule has 2 saturated heterocycles. The van der Waals surface area contributed by atoms with Crippen LogP contribution in [0.3, 0.4) is 0 Å². The highest BCUT2D eigenvalue weighted by Crippen LogP contribution is 2.33. The van der Waals surface area contributed by atoms with Crippen LogP contribution in [0.25, 0.3) is 0 Å². The van der Waals surface area contributed by atoms with E-state index in [2.05, 4.69) is 46.1 Å². The van der Waals surface area contributed by atoms with Gasteiger partial charge < -0.3 is 15.4 Å². The van der Waals surface area contributed by atoms with Gasteiger partial charge in [-0.1, -0.05) is 13.8 Å². The summed E-state index contributed by atoms with van der Waals surface area (Å²) in [6.45, 7) is 10.2. The molecule has 5 nitrogen and oxygen atoms in total. The molecule has 2 aliphatic heterocycles. The molecule has 0 radical (unpaired) electrons. The number of morpholine rings is 1. The molecule has 0 aromatic carbocycles. The average Bonchev–Trinajstić information content (AvgIpc) is 2.98. The number of nitrogens with zero attached hydrogens (tertiary/aromatic N) is 2. The molecule has 2 fully saturated rings. The maximum Gasteiger partial charge on any atom is 0.191 e. The van der Waals surface area contributed by atoms with Gasteiger partial charge in [0, 0.05) is 44.5 Å². The molecular weight excluding hydrogens is 284 g/mol. The first-order valence-corrected chi connectivity index (χ1v) is 9.17. The third kappa shape index (κ3) is 4.76. The second-order valence-electron chi connectivity index (χ2n) is 6.33. The van der Waals surface area contributed by atoms with Gasteiger partial charge in [0.1, 0.15) is 0 Å². The van der Waals surface area contributed by atoms with Gasteiger partial charge in [-0.05, 0) is 18.1 Å². The lowest BCUT2D eigenvalue weighted by Crippen LogP contribution is -2.60. The van der Waals surface area contributed by atoms with Gasteiger partial charge >= 0.3 is 0 Å². The van der Waals surface area contributed by atoms with E-state index in [1.54, 1.807) is 0 Å². The maximum atomic E-state index is 5.51. The Hall–Kier alpha value is -0.460. The minimum absolute atomic E-state index is 0.268. The van der Waals surface area contributed by atoms with Crippen molar-refractivity contribution in [3.63, 3.8) is 0 Å². The van der Waals surface area contributed by atoms with Crippen molar-refractivity contribution in [1.82, 2.24) is 15.5 Å². The van der Waals surface area contributed by atoms with Crippen LogP contribution in [0.4, 0.5) is 0 Å². The zero-order chi connectivity index (χ0) is 15.1. The number of thioether (sulfide) groups is 1. The van der Waals surface area contributed by atoms with Gasteiger partial charge in [-0.25, -0.2) is 0 Å². The van der Waals surface area contributed by atoms with Crippen molar-refractivity contribution in [2.75, 3.05) is 57.9 Å². The lowest BCUT2D eigenvalue weighted by Gasteiger charge is -2.43. The van der Waals surface area contributed by atoms with Crippen LogP contribution in [-0.2, 0) is 4.74 Å². The molecule has 122 valence electrons. The minimum Gasteiger partial charge on any atom is -0.379 e. The summed E-state index contributed by atoms with van der Waals surface area (Å²) in [5, 5.41) is 6.95. The Morgan fingerprint density at radius 1 is 1.33 bits per heavy atom. The van der Waals surface area contributed by atoms with E-state index in [0.717, 1.165) is 45.4 Å². The zero-order valence-electron chi connectivity index (χ0n) is 13.7. The number of hydrogen-bond donors (Lipinski definition) is 2. The molecule has 21 heavy (non-hydrogen) atoms. The first-order valence-electron chi connectivity index (χ1n) is 8.01. The van der Waals surface area contributed by atoms with Gasteiger partial charge in [0.25, 0.3) is 0 Å². The zero-order valence-corrected chi connectivity index (χ0v) is 14.5. The van der Waals surface area contributed by atoms with Crippen LogP contribution in [0.1, 0.15) is 20.3 Å². The first kappa shape index (κ1) is 16.9. The molecule has 0 aliphatic carbocycles. The summed E-state index contributed by atoms with van der Waals surface area (Å²) >= 11 is 2.07. The van der Waals surface area contributed by atoms with Crippen molar-refractivity contribution in [1.29, 1.82) is 0 Å². The van der Waals surface area contributed by atoms with E-state index >= 15 is 0 Å². The molecule has 2 N–H and O–H groups in total. The van der Waals surface area contributed by atoms with Gasteiger partial charge in [0.05, 0.1) is 13.2 Å². The van der Waals surface area contributed by atoms with Crippen LogP contribution in [0.2, 0.25) is 0 Å². The van der Waals surface area contributed by atoms with Crippen LogP contribution >= 0.6 is 11.8 Å². The molecule has 0 saturated carbocycles. The molecule has 2 heterocycles. The number of guanidine groups is 1. The molecule has 1 atom stereocenters. The Bertz CT molecular complexity index is 337. The number of hydrogen-bond acceptors (Lipinski definition) is 4. The van der Waals surface area contributed by atoms with Gasteiger partial charge in [-0.3, -0.25) is 9.89 Å². The van der Waals surface area contributed by atoms with Crippen molar-refractivity contribution in [3.05, 3.63) is 0 Å². The Kier molecular flexibility index (Phi) is 6.64. The number of ether oxygens (including phenoxy) is 1. The molecule has 6 heteroatoms. The number of nitrogens with one attached hydrogen (secondary N) is 2. The SMILES string of the molecule is CN=C(NCC(C)C)NCC1(N2CCOCC2)CCSC1. The van der Waals surface area contributed by atoms with Crippen LogP contribution in [0.5, 0.6) is 0 Å². The van der Waals surface area contributed by atoms with Crippen molar-refractivity contribution < 1.29 is 4.74 Å². The van der Waals surface area contributed by atoms with E-state index in [1.165, 1.54) is 17.9 Å². The summed E-state index contributed by atoms with van der Waals surface area (Å²) in [5.41, 5.74) is 0.268. The number of aliphatic imine (C=N–C) groups is 1. The first-order chi connectivity index (χ1) is 10.2. The summed E-state index contributed by atoms with van der Waals surface area (Å²) in [4.78, 5) is 6.97. The van der Waals surface area contributed by atoms with E-state index in [9.17, 15) is 0 Å². The van der Waals surface area contributed by atoms with E-state index in [1.807, 2.05) is 7.05 Å². The Balaban J connectivity index is 1.90. The van der Waals surface area contributed by atoms with Gasteiger partial charge in [-0.2, -0.15) is 11.8 Å². The summed E-state index contributed by atoms with van der Waals surface area (Å²) in [6, 6.07) is 0. The number of rotatable bonds is 5. The molecule has 0 aromatic rings. The quantitative estimate of drug-likeness (QED) is 0.586. The van der Waals surface area contributed by atoms with Crippen LogP contribution in [0, 0.1) is 5.92 Å². The monoisotopic (exact) mass is 314 g/mol. The molecule has 0 bridgehead atoms. The maximum absolute atomic E-state index is 5.51. The standard InChI is InChI=1S/C15H30N4OS/c1-13(2)10-17-14(16-3)18-11-15(4-9-21-12-15)19-5-7-20-8-6-19/h13H,4-12H2,1-3H3,(H2,16,17,18). The lowest BCUT2D eigenvalue weighted by atomic mass is 9.95. The van der Waals surface area contributed by atoms with Gasteiger partial charge in [0.2, 0.25) is 0 Å². The fraction of sp³-hybridized carbons (Fsp3) is 0.933. The van der Waals surface area contributed by atoms with Crippen molar-refractivity contribution in [2.45, 2.75) is 25.8 Å². The predicted molar refractivity (Wildman–Crippen MR) is 91.3 cm³/mol. The smallest absolute Gasteiger partial charge is 0.191 e. The fourth-order valence-corrected chi connectivity index (χ4v) is 4.38. The second kappa shape index (κ2) is 8.25. The van der Waals surface area contributed by atoms with Crippen LogP contribution in [0.15, 0.2) is 4.99 Å². The molecule has 1 unspecified atom stereocenters. The minimum atomic E-state index is 0.268. The van der Waals surface area contributed by atoms with Crippen LogP contribution < -0.4 is 10.6 Å². The highest BCUT2D eigenvalue weighted by Gasteiger charge is 2.40. The third-order valence-corrected chi connectivity index (χ3v) is 5.48. The summed E-state index contributed by atoms with van der Waals surface area (Å²) in [6.07, 6.45) is 1.26. The largest absolute Gasteiger partial charge is 0.379 e. The average molecular weight is 314 g/mol. The van der Waals surface area contributed by atoms with Crippen LogP contribution in [-0.4, -0.2) is 74.3 Å². The van der Waals surface area contributed by atoms with Gasteiger partial charge in [0.15, 0.2) is 5.96 Å². The summed E-state index contributed by atoms with van der Waals surface area (Å²) in [7, 11) is 1.85. The fourth-order valence-electron chi connectivity index (χ4n) is 2.90. The van der Waals surface area contributed by atoms with Crippen molar-refractivity contribution in [2.24, 2.45) is 10.9 Å². The van der Waals surface area contributed by atoms with E-state index in [4.69, 9.17) is 4.74 Å². The molecule has 0 spiro atoms. The summed E-state index contributed by atoms with van der Waals surface area (Å²) < 4.78 is 5.51. The normalized spacial score (nSPS) is 28.1. The highest BCUT2D eigenvalue weighted by molar-refractivity contribution is 7.99. The molecule has 0 aromatic heterocycles. The van der Waals surface area contributed by atoms with Crippen molar-refractivity contribution in [3.8, 4) is 0 Å². The second-order valence-corrected chi connectivity index (χ2v) is 7.43. The topological polar surface area (TPSA) is 48.9 Å². The molecule has 2 aliphatic rings. The molecule has 2 rings (SSSR count). The van der Waals surface area contributed by atoms with Crippen molar-refractivity contribution >= 4 is 17.7 Å². The van der Waals surface area contributed by atoms with E-state index in [0.29, 0.717) is 5.92 Å². The van der Waals surface area contributed by atoms with Gasteiger partial charge in [-0.15, -0.1) is 0 Å². The lowest BCUT2D eigenvalue weighted by molar-refractivity contribution is -0.0120. The highest BCUT2D eigenvalue weighted by atomic mass is 32.2. The van der Waals surface area contributed by atoms with E-state index < -0.39 is 0 Å². The Morgan fingerprint density at radius 3 is 2.67 bits per heavy atom. The predicted octanol–water partition coefficient (Wildman–Crippen LogP) is 1.02. The Labute approximate surface area is 133 Å². The van der Waals surface area contributed by atoms with E-state index in [-0.39, 0.29) is 5.54 Å². The summed E-state index contributed by atoms with van der Waals surface area (Å²) in [5.74, 6) is 4.02. The third-order valence-electron chi connectivity index (χ3n) is 4.25. The molecule has 0 amide bonds. The molecular formula is C15H30N4OS.